The zero-order chi connectivity index (χ0) is 33.4. The van der Waals surface area contributed by atoms with Crippen LogP contribution in [0.5, 0.6) is 0 Å². The van der Waals surface area contributed by atoms with Crippen LogP contribution in [0.15, 0.2) is 0 Å². The van der Waals surface area contributed by atoms with Gasteiger partial charge in [0.25, 0.3) is 0 Å². The van der Waals surface area contributed by atoms with E-state index < -0.39 is 98.3 Å². The summed E-state index contributed by atoms with van der Waals surface area (Å²) in [6.45, 7) is 0. The van der Waals surface area contributed by atoms with E-state index in [9.17, 15) is 96.6 Å². The Morgan fingerprint density at radius 2 is 0.415 bits per heavy atom. The highest BCUT2D eigenvalue weighted by Gasteiger charge is 2.88. The summed E-state index contributed by atoms with van der Waals surface area (Å²) >= 11 is 0. The highest BCUT2D eigenvalue weighted by atomic mass is 19.4. The van der Waals surface area contributed by atoms with Gasteiger partial charge in [0.1, 0.15) is 0 Å². The zero-order valence-corrected chi connectivity index (χ0v) is 19.7. The molecule has 0 fully saturated rings. The lowest BCUT2D eigenvalue weighted by Crippen LogP contribution is -2.66. The Morgan fingerprint density at radius 3 is 0.610 bits per heavy atom. The third-order valence-electron chi connectivity index (χ3n) is 5.69. The van der Waals surface area contributed by atoms with Crippen molar-refractivity contribution in [1.29, 1.82) is 0 Å². The van der Waals surface area contributed by atoms with E-state index in [4.69, 9.17) is 0 Å². The van der Waals surface area contributed by atoms with E-state index in [1.807, 2.05) is 0 Å². The summed E-state index contributed by atoms with van der Waals surface area (Å²) in [5.74, 6) is -56.8. The van der Waals surface area contributed by atoms with Crippen molar-refractivity contribution < 1.29 is 96.6 Å². The second kappa shape index (κ2) is 11.9. The molecule has 0 aromatic carbocycles. The van der Waals surface area contributed by atoms with Gasteiger partial charge in [0.2, 0.25) is 0 Å². The monoisotopic (exact) mass is 664 g/mol. The van der Waals surface area contributed by atoms with E-state index in [1.165, 1.54) is 0 Å². The van der Waals surface area contributed by atoms with Gasteiger partial charge in [-0.1, -0.05) is 32.1 Å². The molecular formula is C19H18F22. The number of rotatable bonds is 16. The van der Waals surface area contributed by atoms with Crippen LogP contribution in [0.3, 0.4) is 0 Å². The molecule has 0 aromatic rings. The second-order valence-electron chi connectivity index (χ2n) is 8.83. The Morgan fingerprint density at radius 1 is 0.220 bits per heavy atom. The fourth-order valence-electron chi connectivity index (χ4n) is 3.10. The minimum Gasteiger partial charge on any atom is -0.200 e. The van der Waals surface area contributed by atoms with Crippen LogP contribution < -0.4 is 0 Å². The Hall–Kier alpha value is -1.54. The molecule has 0 aliphatic carbocycles. The van der Waals surface area contributed by atoms with Crippen molar-refractivity contribution in [2.45, 2.75) is 118 Å². The summed E-state index contributed by atoms with van der Waals surface area (Å²) in [7, 11) is 0. The molecule has 248 valence electrons. The first-order chi connectivity index (χ1) is 17.7. The van der Waals surface area contributed by atoms with Gasteiger partial charge in [-0.2, -0.15) is 96.6 Å². The molecule has 0 aliphatic rings. The molecule has 0 bridgehead atoms. The molecular weight excluding hydrogens is 646 g/mol. The quantitative estimate of drug-likeness (QED) is 0.114. The molecule has 0 N–H and O–H groups in total. The number of hydrogen-bond acceptors (Lipinski definition) is 0. The van der Waals surface area contributed by atoms with E-state index in [0.717, 1.165) is 0 Å². The summed E-state index contributed by atoms with van der Waals surface area (Å²) in [5, 5.41) is 0. The van der Waals surface area contributed by atoms with Gasteiger partial charge in [-0.25, -0.2) is 0 Å². The van der Waals surface area contributed by atoms with Gasteiger partial charge in [-0.15, -0.1) is 0 Å². The zero-order valence-electron chi connectivity index (χ0n) is 19.7. The number of alkyl halides is 22. The minimum absolute atomic E-state index is 0.297. The van der Waals surface area contributed by atoms with Crippen LogP contribution in [0.2, 0.25) is 0 Å². The van der Waals surface area contributed by atoms with Crippen molar-refractivity contribution in [2.75, 3.05) is 0 Å². The second-order valence-corrected chi connectivity index (χ2v) is 8.83. The lowest BCUT2D eigenvalue weighted by Gasteiger charge is -2.37. The van der Waals surface area contributed by atoms with Crippen LogP contribution in [0.1, 0.15) is 57.8 Å². The van der Waals surface area contributed by atoms with E-state index >= 15 is 0 Å². The van der Waals surface area contributed by atoms with Gasteiger partial charge in [0, 0.05) is 12.8 Å². The lowest BCUT2D eigenvalue weighted by molar-refractivity contribution is -0.422. The van der Waals surface area contributed by atoms with E-state index in [0.29, 0.717) is 0 Å². The van der Waals surface area contributed by atoms with Gasteiger partial charge in [-0.3, -0.25) is 0 Å². The van der Waals surface area contributed by atoms with Crippen LogP contribution in [0.25, 0.3) is 0 Å². The normalized spacial score (nSPS) is 16.0. The lowest BCUT2D eigenvalue weighted by atomic mass is 9.93. The molecule has 22 heteroatoms. The summed E-state index contributed by atoms with van der Waals surface area (Å²) in [6, 6.07) is 0. The van der Waals surface area contributed by atoms with E-state index in [-0.39, 0.29) is 19.3 Å². The molecule has 0 aliphatic heterocycles. The molecule has 0 unspecified atom stereocenters. The fraction of sp³-hybridized carbons (Fsp3) is 1.00. The van der Waals surface area contributed by atoms with E-state index in [2.05, 4.69) is 0 Å². The number of hydrogen-bond donors (Lipinski definition) is 0. The van der Waals surface area contributed by atoms with Crippen molar-refractivity contribution in [1.82, 2.24) is 0 Å². The first-order valence-corrected chi connectivity index (χ1v) is 10.9. The predicted molar refractivity (Wildman–Crippen MR) is 93.2 cm³/mol. The Bertz CT molecular complexity index is 765. The maximum atomic E-state index is 13.5. The number of unbranched alkanes of at least 4 members (excludes halogenated alkanes) is 6. The average molecular weight is 664 g/mol. The Labute approximate surface area is 215 Å². The molecule has 0 heterocycles. The molecule has 0 spiro atoms. The molecule has 41 heavy (non-hydrogen) atoms. The van der Waals surface area contributed by atoms with Crippen molar-refractivity contribution >= 4 is 0 Å². The van der Waals surface area contributed by atoms with Gasteiger partial charge >= 0.3 is 59.7 Å². The van der Waals surface area contributed by atoms with Gasteiger partial charge in [0.15, 0.2) is 0 Å². The molecule has 0 rings (SSSR count). The van der Waals surface area contributed by atoms with Crippen LogP contribution in [0, 0.1) is 0 Å². The van der Waals surface area contributed by atoms with Crippen LogP contribution >= 0.6 is 0 Å². The van der Waals surface area contributed by atoms with Crippen molar-refractivity contribution in [3.63, 3.8) is 0 Å². The highest BCUT2D eigenvalue weighted by molar-refractivity contribution is 5.07. The summed E-state index contributed by atoms with van der Waals surface area (Å²) in [5.41, 5.74) is 0. The molecule has 0 atom stereocenters. The van der Waals surface area contributed by atoms with Gasteiger partial charge < -0.3 is 0 Å². The molecule has 0 saturated carbocycles. The molecule has 0 radical (unpaired) electrons. The number of halogens is 22. The Balaban J connectivity index is 4.86. The molecule has 0 saturated heterocycles. The smallest absolute Gasteiger partial charge is 0.200 e. The van der Waals surface area contributed by atoms with Gasteiger partial charge in [0.05, 0.1) is 0 Å². The summed E-state index contributed by atoms with van der Waals surface area (Å²) in [4.78, 5) is 0. The van der Waals surface area contributed by atoms with Crippen LogP contribution in [-0.4, -0.2) is 59.7 Å². The topological polar surface area (TPSA) is 0 Å². The maximum absolute atomic E-state index is 13.5. The van der Waals surface area contributed by atoms with Gasteiger partial charge in [-0.05, 0) is 12.8 Å². The standard InChI is InChI=1S/C19H18F22/c20-10(21,12(24,25)14(28,29)16(32,33)18(36,37)38)8-6-4-2-1-3-5-7-9-11(22,23)13(26,27)15(30,31)17(34,35)19(39,40)41/h1-9H2. The highest BCUT2D eigenvalue weighted by Crippen LogP contribution is 2.59. The first-order valence-electron chi connectivity index (χ1n) is 10.9. The molecule has 0 nitrogen and oxygen atoms in total. The van der Waals surface area contributed by atoms with Crippen molar-refractivity contribution in [2.24, 2.45) is 0 Å². The molecule has 0 aromatic heterocycles. The van der Waals surface area contributed by atoms with Crippen molar-refractivity contribution in [3.05, 3.63) is 0 Å². The largest absolute Gasteiger partial charge is 0.460 e. The first kappa shape index (κ1) is 39.5. The van der Waals surface area contributed by atoms with Crippen LogP contribution in [-0.2, 0) is 0 Å². The minimum atomic E-state index is -7.58. The average Bonchev–Trinajstić information content (AvgIpc) is 2.75. The predicted octanol–water partition coefficient (Wildman–Crippen LogP) is 10.7. The van der Waals surface area contributed by atoms with Crippen LogP contribution in [0.4, 0.5) is 96.6 Å². The third kappa shape index (κ3) is 7.17. The SMILES string of the molecule is FC(F)(F)C(F)(F)C(F)(F)C(F)(F)C(F)(F)CCCCCCCCCC(F)(F)C(F)(F)C(F)(F)C(F)(F)C(F)(F)F. The van der Waals surface area contributed by atoms with E-state index in [1.54, 1.807) is 0 Å². The molecule has 0 amide bonds. The fourth-order valence-corrected chi connectivity index (χ4v) is 3.10. The third-order valence-corrected chi connectivity index (χ3v) is 5.69. The summed E-state index contributed by atoms with van der Waals surface area (Å²) < 4.78 is 283. The maximum Gasteiger partial charge on any atom is 0.460 e. The summed E-state index contributed by atoms with van der Waals surface area (Å²) in [6.07, 6.45) is -24.0. The Kier molecular flexibility index (Phi) is 11.4. The van der Waals surface area contributed by atoms with Crippen molar-refractivity contribution in [3.8, 4) is 0 Å².